The number of carbonyl (C=O) groups is 1. The first-order valence-electron chi connectivity index (χ1n) is 9.13. The zero-order valence-electron chi connectivity index (χ0n) is 16.1. The lowest BCUT2D eigenvalue weighted by atomic mass is 10.0. The minimum absolute atomic E-state index is 0.112. The summed E-state index contributed by atoms with van der Waals surface area (Å²) in [6, 6.07) is 28.1. The highest BCUT2D eigenvalue weighted by molar-refractivity contribution is 7.76. The number of nitrogens with zero attached hydrogens (tertiary/aromatic N) is 1. The second kappa shape index (κ2) is 9.01. The van der Waals surface area contributed by atoms with Gasteiger partial charge >= 0.3 is 5.97 Å². The second-order valence-corrected chi connectivity index (χ2v) is 9.34. The van der Waals surface area contributed by atoms with Crippen molar-refractivity contribution in [3.63, 3.8) is 0 Å². The first-order chi connectivity index (χ1) is 13.6. The molecule has 0 aliphatic carbocycles. The molecule has 4 nitrogen and oxygen atoms in total. The maximum absolute atomic E-state index is 14.6. The summed E-state index contributed by atoms with van der Waals surface area (Å²) in [6.45, 7) is 0. The topological polar surface area (TPSA) is 46.6 Å². The molecule has 0 bridgehead atoms. The summed E-state index contributed by atoms with van der Waals surface area (Å²) >= 11 is 0. The number of ether oxygens (including phenoxy) is 1. The van der Waals surface area contributed by atoms with Gasteiger partial charge in [0.2, 0.25) is 7.29 Å². The molecule has 0 spiro atoms. The van der Waals surface area contributed by atoms with Crippen molar-refractivity contribution < 1.29 is 14.1 Å². The van der Waals surface area contributed by atoms with Crippen molar-refractivity contribution in [1.29, 1.82) is 0 Å². The maximum atomic E-state index is 14.6. The normalized spacial score (nSPS) is 12.5. The molecule has 0 aliphatic heterocycles. The highest BCUT2D eigenvalue weighted by Gasteiger charge is 2.37. The third-order valence-electron chi connectivity index (χ3n) is 4.88. The number of methoxy groups -OCH3 is 1. The van der Waals surface area contributed by atoms with Gasteiger partial charge in [-0.3, -0.25) is 9.36 Å². The third kappa shape index (κ3) is 4.09. The second-order valence-electron chi connectivity index (χ2n) is 6.53. The lowest BCUT2D eigenvalue weighted by Gasteiger charge is -2.35. The van der Waals surface area contributed by atoms with Crippen molar-refractivity contribution in [1.82, 2.24) is 4.67 Å². The first-order valence-corrected chi connectivity index (χ1v) is 10.8. The van der Waals surface area contributed by atoms with Crippen LogP contribution in [0.2, 0.25) is 0 Å². The summed E-state index contributed by atoms with van der Waals surface area (Å²) in [4.78, 5) is 12.2. The van der Waals surface area contributed by atoms with Crippen LogP contribution in [0, 0.1) is 0 Å². The van der Waals surface area contributed by atoms with E-state index in [4.69, 9.17) is 4.74 Å². The molecule has 0 unspecified atom stereocenters. The molecular weight excluding hydrogens is 369 g/mol. The molecule has 0 fully saturated rings. The highest BCUT2D eigenvalue weighted by Crippen LogP contribution is 2.51. The van der Waals surface area contributed by atoms with Crippen molar-refractivity contribution in [3.05, 3.63) is 96.6 Å². The Morgan fingerprint density at radius 2 is 1.29 bits per heavy atom. The average Bonchev–Trinajstić information content (AvgIpc) is 2.78. The van der Waals surface area contributed by atoms with Gasteiger partial charge < -0.3 is 4.74 Å². The summed E-state index contributed by atoms with van der Waals surface area (Å²) in [5, 5.41) is 1.46. The minimum Gasteiger partial charge on any atom is -0.469 e. The van der Waals surface area contributed by atoms with E-state index >= 15 is 0 Å². The number of benzene rings is 3. The summed E-state index contributed by atoms with van der Waals surface area (Å²) in [5.74, 6) is -0.339. The molecule has 3 aromatic carbocycles. The van der Waals surface area contributed by atoms with Gasteiger partial charge in [-0.25, -0.2) is 4.67 Å². The van der Waals surface area contributed by atoms with Crippen molar-refractivity contribution >= 4 is 23.9 Å². The predicted molar refractivity (Wildman–Crippen MR) is 113 cm³/mol. The fraction of sp³-hybridized carbons (Fsp3) is 0.174. The van der Waals surface area contributed by atoms with Crippen LogP contribution in [0.4, 0.5) is 0 Å². The Labute approximate surface area is 166 Å². The molecule has 0 heterocycles. The molecule has 1 atom stereocenters. The average molecular weight is 393 g/mol. The van der Waals surface area contributed by atoms with E-state index in [2.05, 4.69) is 0 Å². The zero-order valence-corrected chi connectivity index (χ0v) is 17.0. The molecule has 144 valence electrons. The van der Waals surface area contributed by atoms with Gasteiger partial charge in [-0.2, -0.15) is 0 Å². The van der Waals surface area contributed by atoms with Gasteiger partial charge in [0.1, 0.15) is 0 Å². The van der Waals surface area contributed by atoms with Gasteiger partial charge in [-0.05, 0) is 36.9 Å². The quantitative estimate of drug-likeness (QED) is 0.447. The van der Waals surface area contributed by atoms with Crippen LogP contribution >= 0.6 is 7.29 Å². The summed E-state index contributed by atoms with van der Waals surface area (Å²) in [5.41, 5.74) is 0.919. The Morgan fingerprint density at radius 3 is 1.71 bits per heavy atom. The molecule has 3 aromatic rings. The fourth-order valence-electron chi connectivity index (χ4n) is 3.35. The third-order valence-corrected chi connectivity index (χ3v) is 8.04. The van der Waals surface area contributed by atoms with Crippen LogP contribution in [-0.4, -0.2) is 24.8 Å². The highest BCUT2D eigenvalue weighted by atomic mass is 31.2. The van der Waals surface area contributed by atoms with Crippen LogP contribution in [-0.2, 0) is 14.1 Å². The van der Waals surface area contributed by atoms with Crippen LogP contribution in [0.5, 0.6) is 0 Å². The zero-order chi connectivity index (χ0) is 20.0. The lowest BCUT2D eigenvalue weighted by Crippen LogP contribution is -2.33. The maximum Gasteiger partial charge on any atom is 0.307 e. The largest absolute Gasteiger partial charge is 0.469 e. The van der Waals surface area contributed by atoms with E-state index in [0.29, 0.717) is 0 Å². The summed E-state index contributed by atoms with van der Waals surface area (Å²) < 4.78 is 21.3. The van der Waals surface area contributed by atoms with Crippen molar-refractivity contribution in [2.24, 2.45) is 0 Å². The Balaban J connectivity index is 2.14. The molecule has 0 radical (unpaired) electrons. The van der Waals surface area contributed by atoms with Gasteiger partial charge in [0.25, 0.3) is 0 Å². The molecular formula is C23H24NO3P. The number of hydrogen-bond donors (Lipinski definition) is 0. The van der Waals surface area contributed by atoms with Gasteiger partial charge in [0.05, 0.1) is 19.6 Å². The summed E-state index contributed by atoms with van der Waals surface area (Å²) in [6.07, 6.45) is 0.112. The molecule has 0 N–H and O–H groups in total. The Morgan fingerprint density at radius 1 is 0.857 bits per heavy atom. The van der Waals surface area contributed by atoms with Crippen LogP contribution in [0.15, 0.2) is 91.0 Å². The van der Waals surface area contributed by atoms with E-state index in [1.54, 1.807) is 0 Å². The van der Waals surface area contributed by atoms with Crippen molar-refractivity contribution in [3.8, 4) is 0 Å². The molecule has 3 rings (SSSR count). The Kier molecular flexibility index (Phi) is 6.45. The molecule has 0 saturated heterocycles. The van der Waals surface area contributed by atoms with E-state index in [1.807, 2.05) is 103 Å². The first kappa shape index (κ1) is 20.1. The number of esters is 1. The van der Waals surface area contributed by atoms with Gasteiger partial charge in [-0.1, -0.05) is 66.7 Å². The van der Waals surface area contributed by atoms with E-state index in [0.717, 1.165) is 16.2 Å². The SMILES string of the molecule is COC(=O)C[C@H](c1ccccc1)N(C)P(=O)(c1ccccc1)c1ccccc1. The predicted octanol–water partition coefficient (Wildman–Crippen LogP) is 4.15. The van der Waals surface area contributed by atoms with Crippen molar-refractivity contribution in [2.75, 3.05) is 14.2 Å². The molecule has 0 aliphatic rings. The molecule has 28 heavy (non-hydrogen) atoms. The lowest BCUT2D eigenvalue weighted by molar-refractivity contribution is -0.141. The smallest absolute Gasteiger partial charge is 0.307 e. The van der Waals surface area contributed by atoms with E-state index < -0.39 is 7.29 Å². The van der Waals surface area contributed by atoms with Crippen LogP contribution in [0.25, 0.3) is 0 Å². The Hall–Kier alpha value is -2.68. The van der Waals surface area contributed by atoms with Crippen LogP contribution in [0.1, 0.15) is 18.0 Å². The standard InChI is InChI=1S/C23H24NO3P/c1-24(22(18-23(25)27-2)19-12-6-3-7-13-19)28(26,20-14-8-4-9-15-20)21-16-10-5-11-17-21/h3-17,22H,18H2,1-2H3/t22-/m1/s1. The van der Waals surface area contributed by atoms with Crippen LogP contribution < -0.4 is 10.6 Å². The number of rotatable bonds is 7. The van der Waals surface area contributed by atoms with E-state index in [-0.39, 0.29) is 18.4 Å². The fourth-order valence-corrected chi connectivity index (χ4v) is 6.14. The van der Waals surface area contributed by atoms with E-state index in [1.165, 1.54) is 7.11 Å². The summed E-state index contributed by atoms with van der Waals surface area (Å²) in [7, 11) is 0.0163. The van der Waals surface area contributed by atoms with Crippen molar-refractivity contribution in [2.45, 2.75) is 12.5 Å². The number of carbonyl (C=O) groups excluding carboxylic acids is 1. The van der Waals surface area contributed by atoms with Gasteiger partial charge in [0, 0.05) is 10.6 Å². The monoisotopic (exact) mass is 393 g/mol. The minimum atomic E-state index is -3.18. The van der Waals surface area contributed by atoms with Gasteiger partial charge in [0.15, 0.2) is 0 Å². The van der Waals surface area contributed by atoms with Crippen LogP contribution in [0.3, 0.4) is 0 Å². The number of hydrogen-bond acceptors (Lipinski definition) is 3. The molecule has 0 aromatic heterocycles. The Bertz CT molecular complexity index is 902. The van der Waals surface area contributed by atoms with E-state index in [9.17, 15) is 9.36 Å². The molecule has 0 amide bonds. The molecule has 5 heteroatoms. The van der Waals surface area contributed by atoms with Gasteiger partial charge in [-0.15, -0.1) is 0 Å². The molecule has 0 saturated carbocycles.